The van der Waals surface area contributed by atoms with Crippen molar-refractivity contribution in [3.63, 3.8) is 0 Å². The van der Waals surface area contributed by atoms with Crippen molar-refractivity contribution < 1.29 is 4.79 Å². The van der Waals surface area contributed by atoms with Crippen LogP contribution in [-0.4, -0.2) is 12.1 Å². The minimum Gasteiger partial charge on any atom is -0.331 e. The summed E-state index contributed by atoms with van der Waals surface area (Å²) >= 11 is 23.5. The molecule has 0 heterocycles. The first-order valence-corrected chi connectivity index (χ1v) is 7.20. The van der Waals surface area contributed by atoms with E-state index >= 15 is 0 Å². The van der Waals surface area contributed by atoms with Gasteiger partial charge in [-0.25, -0.2) is 4.79 Å². The Morgan fingerprint density at radius 1 is 1.10 bits per heavy atom. The van der Waals surface area contributed by atoms with Crippen LogP contribution in [0.4, 0.5) is 10.5 Å². The zero-order valence-corrected chi connectivity index (χ0v) is 13.1. The first-order valence-electron chi connectivity index (χ1n) is 5.69. The molecule has 1 atom stereocenters. The number of hydrogen-bond acceptors (Lipinski definition) is 1. The van der Waals surface area contributed by atoms with Crippen LogP contribution < -0.4 is 10.6 Å². The SMILES string of the molecule is O=C(Nc1cc(Cl)cc(Cl)c1)NC1C=C(Cl)C=C(Cl)C1. The number of carbonyl (C=O) groups excluding carboxylic acids is 1. The van der Waals surface area contributed by atoms with Crippen LogP contribution in [0.5, 0.6) is 0 Å². The van der Waals surface area contributed by atoms with Gasteiger partial charge in [-0.15, -0.1) is 0 Å². The molecule has 0 saturated heterocycles. The topological polar surface area (TPSA) is 41.1 Å². The number of benzene rings is 1. The lowest BCUT2D eigenvalue weighted by atomic mass is 10.1. The number of nitrogens with one attached hydrogen (secondary N) is 2. The highest BCUT2D eigenvalue weighted by atomic mass is 35.5. The third-order valence-electron chi connectivity index (χ3n) is 2.51. The normalized spacial score (nSPS) is 18.1. The van der Waals surface area contributed by atoms with Gasteiger partial charge in [0.1, 0.15) is 0 Å². The van der Waals surface area contributed by atoms with E-state index < -0.39 is 0 Å². The summed E-state index contributed by atoms with van der Waals surface area (Å²) in [5.41, 5.74) is 0.507. The summed E-state index contributed by atoms with van der Waals surface area (Å²) < 4.78 is 0. The summed E-state index contributed by atoms with van der Waals surface area (Å²) in [6, 6.07) is 4.14. The molecule has 1 aliphatic rings. The van der Waals surface area contributed by atoms with Crippen LogP contribution in [-0.2, 0) is 0 Å². The molecule has 7 heteroatoms. The molecule has 20 heavy (non-hydrogen) atoms. The van der Waals surface area contributed by atoms with Gasteiger partial charge in [0.15, 0.2) is 0 Å². The molecule has 0 bridgehead atoms. The maximum atomic E-state index is 11.9. The van der Waals surface area contributed by atoms with Gasteiger partial charge in [0.2, 0.25) is 0 Å². The third kappa shape index (κ3) is 4.60. The molecule has 1 aliphatic carbocycles. The van der Waals surface area contributed by atoms with E-state index in [9.17, 15) is 4.79 Å². The van der Waals surface area contributed by atoms with E-state index in [1.54, 1.807) is 30.4 Å². The summed E-state index contributed by atoms with van der Waals surface area (Å²) in [7, 11) is 0. The van der Waals surface area contributed by atoms with Gasteiger partial charge < -0.3 is 10.6 Å². The van der Waals surface area contributed by atoms with Gasteiger partial charge in [-0.1, -0.05) is 46.4 Å². The number of urea groups is 1. The van der Waals surface area contributed by atoms with Crippen molar-refractivity contribution in [1.29, 1.82) is 0 Å². The zero-order valence-electron chi connectivity index (χ0n) is 10.1. The van der Waals surface area contributed by atoms with Gasteiger partial charge in [-0.05, 0) is 30.4 Å². The summed E-state index contributed by atoms with van der Waals surface area (Å²) in [6.07, 6.45) is 3.87. The maximum absolute atomic E-state index is 11.9. The lowest BCUT2D eigenvalue weighted by Gasteiger charge is -2.18. The first kappa shape index (κ1) is 15.5. The van der Waals surface area contributed by atoms with E-state index in [1.807, 2.05) is 0 Å². The van der Waals surface area contributed by atoms with Crippen LogP contribution in [0.2, 0.25) is 10.0 Å². The molecule has 106 valence electrons. The fourth-order valence-electron chi connectivity index (χ4n) is 1.77. The summed E-state index contributed by atoms with van der Waals surface area (Å²) in [6.45, 7) is 0. The van der Waals surface area contributed by atoms with Crippen molar-refractivity contribution in [1.82, 2.24) is 5.32 Å². The Balaban J connectivity index is 1.98. The summed E-state index contributed by atoms with van der Waals surface area (Å²) in [5.74, 6) is 0. The van der Waals surface area contributed by atoms with Gasteiger partial charge in [0, 0.05) is 32.2 Å². The van der Waals surface area contributed by atoms with Crippen LogP contribution >= 0.6 is 46.4 Å². The number of amides is 2. The summed E-state index contributed by atoms with van der Waals surface area (Å²) in [5, 5.41) is 7.37. The monoisotopic (exact) mass is 350 g/mol. The average Bonchev–Trinajstić information content (AvgIpc) is 2.24. The minimum atomic E-state index is -0.389. The molecule has 1 unspecified atom stereocenters. The fourth-order valence-corrected chi connectivity index (χ4v) is 2.92. The van der Waals surface area contributed by atoms with Crippen molar-refractivity contribution in [3.05, 3.63) is 50.5 Å². The standard InChI is InChI=1S/C13H10Cl4N2O/c14-7-1-8(15)4-11(3-7)18-13(20)19-12-5-9(16)2-10(17)6-12/h1-5,12H,6H2,(H2,18,19,20). The van der Waals surface area contributed by atoms with Crippen molar-refractivity contribution >= 4 is 58.1 Å². The maximum Gasteiger partial charge on any atom is 0.319 e. The van der Waals surface area contributed by atoms with Crippen LogP contribution in [0, 0.1) is 0 Å². The molecule has 0 saturated carbocycles. The van der Waals surface area contributed by atoms with Crippen molar-refractivity contribution in [2.45, 2.75) is 12.5 Å². The van der Waals surface area contributed by atoms with Gasteiger partial charge >= 0.3 is 6.03 Å². The van der Waals surface area contributed by atoms with Crippen LogP contribution in [0.1, 0.15) is 6.42 Å². The number of halogens is 4. The molecule has 0 aliphatic heterocycles. The smallest absolute Gasteiger partial charge is 0.319 e. The van der Waals surface area contributed by atoms with Crippen LogP contribution in [0.3, 0.4) is 0 Å². The van der Waals surface area contributed by atoms with Crippen molar-refractivity contribution in [2.75, 3.05) is 5.32 Å². The fraction of sp³-hybridized carbons (Fsp3) is 0.154. The lowest BCUT2D eigenvalue weighted by molar-refractivity contribution is 0.250. The predicted molar refractivity (Wildman–Crippen MR) is 84.9 cm³/mol. The quantitative estimate of drug-likeness (QED) is 0.761. The second-order valence-corrected chi connectivity index (χ2v) is 6.00. The van der Waals surface area contributed by atoms with Crippen LogP contribution in [0.25, 0.3) is 0 Å². The lowest BCUT2D eigenvalue weighted by Crippen LogP contribution is -2.37. The molecule has 0 fully saturated rings. The highest BCUT2D eigenvalue weighted by Gasteiger charge is 2.16. The van der Waals surface area contributed by atoms with E-state index in [1.165, 1.54) is 0 Å². The van der Waals surface area contributed by atoms with E-state index in [0.717, 1.165) is 0 Å². The van der Waals surface area contributed by atoms with E-state index in [0.29, 0.717) is 32.2 Å². The molecule has 0 aromatic heterocycles. The zero-order chi connectivity index (χ0) is 14.7. The minimum absolute atomic E-state index is 0.255. The van der Waals surface area contributed by atoms with E-state index in [4.69, 9.17) is 46.4 Å². The Hall–Kier alpha value is -0.870. The molecule has 2 amide bonds. The molecule has 1 aromatic rings. The second-order valence-electron chi connectivity index (χ2n) is 4.21. The Kier molecular flexibility index (Phi) is 5.22. The number of hydrogen-bond donors (Lipinski definition) is 2. The molecule has 3 nitrogen and oxygen atoms in total. The highest BCUT2D eigenvalue weighted by molar-refractivity contribution is 6.35. The van der Waals surface area contributed by atoms with Crippen LogP contribution in [0.15, 0.2) is 40.4 Å². The predicted octanol–water partition coefficient (Wildman–Crippen LogP) is 5.13. The van der Waals surface area contributed by atoms with E-state index in [-0.39, 0.29) is 12.1 Å². The molecular weight excluding hydrogens is 342 g/mol. The number of carbonyl (C=O) groups is 1. The second kappa shape index (κ2) is 6.72. The molecule has 0 radical (unpaired) electrons. The largest absolute Gasteiger partial charge is 0.331 e. The Labute approximate surface area is 136 Å². The van der Waals surface area contributed by atoms with E-state index in [2.05, 4.69) is 10.6 Å². The molecule has 2 N–H and O–H groups in total. The summed E-state index contributed by atoms with van der Waals surface area (Å²) in [4.78, 5) is 11.9. The Morgan fingerprint density at radius 3 is 2.35 bits per heavy atom. The number of anilines is 1. The van der Waals surface area contributed by atoms with Crippen molar-refractivity contribution in [3.8, 4) is 0 Å². The third-order valence-corrected chi connectivity index (χ3v) is 3.44. The molecule has 2 rings (SSSR count). The van der Waals surface area contributed by atoms with Gasteiger partial charge in [-0.2, -0.15) is 0 Å². The first-order chi connectivity index (χ1) is 9.42. The van der Waals surface area contributed by atoms with Gasteiger partial charge in [0.25, 0.3) is 0 Å². The van der Waals surface area contributed by atoms with Gasteiger partial charge in [0.05, 0.1) is 6.04 Å². The Morgan fingerprint density at radius 2 is 1.75 bits per heavy atom. The average molecular weight is 352 g/mol. The van der Waals surface area contributed by atoms with Gasteiger partial charge in [-0.3, -0.25) is 0 Å². The molecule has 0 spiro atoms. The molecule has 1 aromatic carbocycles. The number of allylic oxidation sites excluding steroid dienone is 2. The Bertz CT molecular complexity index is 578. The molecular formula is C13H10Cl4N2O. The number of rotatable bonds is 2. The highest BCUT2D eigenvalue weighted by Crippen LogP contribution is 2.24. The van der Waals surface area contributed by atoms with Crippen molar-refractivity contribution in [2.24, 2.45) is 0 Å².